The molecule has 1 heterocycles. The van der Waals surface area contributed by atoms with Gasteiger partial charge in [-0.15, -0.1) is 0 Å². The predicted molar refractivity (Wildman–Crippen MR) is 103 cm³/mol. The van der Waals surface area contributed by atoms with Crippen LogP contribution in [0.5, 0.6) is 0 Å². The molecule has 1 aromatic carbocycles. The number of nitrogens with zero attached hydrogens (tertiary/aromatic N) is 1. The molecule has 1 aromatic rings. The molecule has 6 heteroatoms. The van der Waals surface area contributed by atoms with Gasteiger partial charge < -0.3 is 20.2 Å². The maximum Gasteiger partial charge on any atom is 0.328 e. The van der Waals surface area contributed by atoms with E-state index in [1.54, 1.807) is 0 Å². The Bertz CT molecular complexity index is 739. The molecule has 0 spiro atoms. The minimum atomic E-state index is -1.26. The minimum absolute atomic E-state index is 0.0705. The summed E-state index contributed by atoms with van der Waals surface area (Å²) in [7, 11) is 2.16. The highest BCUT2D eigenvalue weighted by molar-refractivity contribution is 5.89. The van der Waals surface area contributed by atoms with Crippen LogP contribution in [0.15, 0.2) is 30.4 Å². The molecule has 1 aliphatic heterocycles. The van der Waals surface area contributed by atoms with Crippen LogP contribution >= 0.6 is 0 Å². The Hall–Kier alpha value is -2.18. The first-order valence-corrected chi connectivity index (χ1v) is 9.12. The molecular weight excluding hydrogens is 346 g/mol. The summed E-state index contributed by atoms with van der Waals surface area (Å²) in [4.78, 5) is 21.4. The van der Waals surface area contributed by atoms with Crippen molar-refractivity contribution >= 4 is 11.9 Å². The van der Waals surface area contributed by atoms with Gasteiger partial charge in [0, 0.05) is 30.0 Å². The Morgan fingerprint density at radius 1 is 1.19 bits per heavy atom. The van der Waals surface area contributed by atoms with E-state index in [0.29, 0.717) is 18.1 Å². The third kappa shape index (κ3) is 4.39. The third-order valence-corrected chi connectivity index (χ3v) is 5.69. The summed E-state index contributed by atoms with van der Waals surface area (Å²) >= 11 is 0. The number of benzene rings is 1. The average molecular weight is 375 g/mol. The van der Waals surface area contributed by atoms with E-state index in [1.165, 1.54) is 16.7 Å². The number of likely N-dealkylation sites (tertiary alicyclic amines) is 1. The molecule has 0 saturated carbocycles. The van der Waals surface area contributed by atoms with Crippen LogP contribution in [0.3, 0.4) is 0 Å². The summed E-state index contributed by atoms with van der Waals surface area (Å²) in [5.74, 6) is -2.16. The van der Waals surface area contributed by atoms with Crippen molar-refractivity contribution in [3.05, 3.63) is 47.0 Å². The highest BCUT2D eigenvalue weighted by Gasteiger charge is 2.56. The van der Waals surface area contributed by atoms with Gasteiger partial charge in [0.25, 0.3) is 0 Å². The first-order chi connectivity index (χ1) is 12.5. The van der Waals surface area contributed by atoms with Crippen LogP contribution in [0, 0.1) is 18.3 Å². The Labute approximate surface area is 160 Å². The lowest BCUT2D eigenvalue weighted by molar-refractivity contribution is -0.134. The van der Waals surface area contributed by atoms with E-state index >= 15 is 0 Å². The fraction of sp³-hybridized carbons (Fsp3) is 0.524. The maximum atomic E-state index is 11.6. The van der Waals surface area contributed by atoms with Gasteiger partial charge in [0.15, 0.2) is 0 Å². The van der Waals surface area contributed by atoms with E-state index in [-0.39, 0.29) is 5.41 Å². The van der Waals surface area contributed by atoms with Crippen molar-refractivity contribution in [2.45, 2.75) is 39.2 Å². The molecule has 3 rings (SSSR count). The fourth-order valence-electron chi connectivity index (χ4n) is 4.37. The van der Waals surface area contributed by atoms with Crippen molar-refractivity contribution in [3.63, 3.8) is 0 Å². The van der Waals surface area contributed by atoms with Crippen molar-refractivity contribution in [2.24, 2.45) is 11.3 Å². The first-order valence-electron chi connectivity index (χ1n) is 9.12. The van der Waals surface area contributed by atoms with Crippen LogP contribution in [-0.2, 0) is 21.6 Å². The van der Waals surface area contributed by atoms with E-state index in [0.717, 1.165) is 25.9 Å². The second-order valence-electron chi connectivity index (χ2n) is 8.25. The number of hydrogen-bond donors (Lipinski definition) is 3. The Morgan fingerprint density at radius 2 is 1.78 bits per heavy atom. The minimum Gasteiger partial charge on any atom is -0.478 e. The Morgan fingerprint density at radius 3 is 2.26 bits per heavy atom. The number of rotatable bonds is 3. The number of fused-ring (bicyclic) bond motifs is 1. The molecular formula is C21H29NO5. The third-order valence-electron chi connectivity index (χ3n) is 5.69. The van der Waals surface area contributed by atoms with Crippen LogP contribution < -0.4 is 0 Å². The van der Waals surface area contributed by atoms with Crippen molar-refractivity contribution in [1.82, 2.24) is 4.90 Å². The lowest BCUT2D eigenvalue weighted by Crippen LogP contribution is -2.46. The number of carboxylic acid groups (broad SMARTS) is 2. The number of carbonyl (C=O) groups is 2. The predicted octanol–water partition coefficient (Wildman–Crippen LogP) is 2.43. The lowest BCUT2D eigenvalue weighted by atomic mass is 9.67. The van der Waals surface area contributed by atoms with E-state index in [9.17, 15) is 14.7 Å². The van der Waals surface area contributed by atoms with Gasteiger partial charge in [-0.2, -0.15) is 0 Å². The van der Waals surface area contributed by atoms with Gasteiger partial charge in [-0.25, -0.2) is 9.59 Å². The molecule has 3 N–H and O–H groups in total. The molecule has 1 fully saturated rings. The maximum absolute atomic E-state index is 11.6. The van der Waals surface area contributed by atoms with Gasteiger partial charge in [0.2, 0.25) is 0 Å². The number of hydrogen-bond acceptors (Lipinski definition) is 4. The van der Waals surface area contributed by atoms with E-state index in [2.05, 4.69) is 50.9 Å². The van der Waals surface area contributed by atoms with Gasteiger partial charge in [0.05, 0.1) is 5.60 Å². The largest absolute Gasteiger partial charge is 0.478 e. The van der Waals surface area contributed by atoms with Crippen molar-refractivity contribution in [2.75, 3.05) is 20.1 Å². The lowest BCUT2D eigenvalue weighted by Gasteiger charge is -2.42. The molecule has 0 amide bonds. The number of aryl methyl sites for hydroxylation is 1. The summed E-state index contributed by atoms with van der Waals surface area (Å²) in [5, 5.41) is 27.2. The van der Waals surface area contributed by atoms with E-state index in [1.807, 2.05) is 0 Å². The second kappa shape index (κ2) is 7.82. The van der Waals surface area contributed by atoms with Crippen LogP contribution in [0.1, 0.15) is 37.0 Å². The first kappa shape index (κ1) is 21.1. The van der Waals surface area contributed by atoms with Gasteiger partial charge in [0.1, 0.15) is 0 Å². The van der Waals surface area contributed by atoms with Gasteiger partial charge >= 0.3 is 11.9 Å². The van der Waals surface area contributed by atoms with Crippen molar-refractivity contribution < 1.29 is 24.9 Å². The highest BCUT2D eigenvalue weighted by atomic mass is 16.4. The Kier molecular flexibility index (Phi) is 6.12. The zero-order chi connectivity index (χ0) is 20.4. The highest BCUT2D eigenvalue weighted by Crippen LogP contribution is 2.55. The molecule has 2 aliphatic rings. The monoisotopic (exact) mass is 375 g/mol. The zero-order valence-corrected chi connectivity index (χ0v) is 16.4. The smallest absolute Gasteiger partial charge is 0.328 e. The van der Waals surface area contributed by atoms with Crippen molar-refractivity contribution in [3.8, 4) is 0 Å². The zero-order valence-electron chi connectivity index (χ0n) is 16.4. The van der Waals surface area contributed by atoms with E-state index < -0.39 is 17.5 Å². The summed E-state index contributed by atoms with van der Waals surface area (Å²) < 4.78 is 0. The van der Waals surface area contributed by atoms with Crippen LogP contribution in [0.2, 0.25) is 0 Å². The summed E-state index contributed by atoms with van der Waals surface area (Å²) in [6.07, 6.45) is 3.20. The summed E-state index contributed by atoms with van der Waals surface area (Å²) in [6, 6.07) is 6.59. The molecule has 2 unspecified atom stereocenters. The van der Waals surface area contributed by atoms with Gasteiger partial charge in [-0.05, 0) is 44.5 Å². The van der Waals surface area contributed by atoms with Crippen LogP contribution in [0.4, 0.5) is 0 Å². The molecule has 6 nitrogen and oxygen atoms in total. The second-order valence-corrected chi connectivity index (χ2v) is 8.25. The summed E-state index contributed by atoms with van der Waals surface area (Å²) in [5.41, 5.74) is 3.05. The number of aliphatic hydroxyl groups is 1. The molecule has 27 heavy (non-hydrogen) atoms. The van der Waals surface area contributed by atoms with Crippen LogP contribution in [0.25, 0.3) is 0 Å². The molecule has 0 bridgehead atoms. The molecule has 1 aliphatic carbocycles. The topological polar surface area (TPSA) is 98.1 Å². The fourth-order valence-corrected chi connectivity index (χ4v) is 4.37. The quantitative estimate of drug-likeness (QED) is 0.702. The molecule has 148 valence electrons. The summed E-state index contributed by atoms with van der Waals surface area (Å²) in [6.45, 7) is 8.67. The van der Waals surface area contributed by atoms with Gasteiger partial charge in [-0.1, -0.05) is 37.6 Å². The molecule has 0 aromatic heterocycles. The van der Waals surface area contributed by atoms with Gasteiger partial charge in [-0.3, -0.25) is 0 Å². The number of aliphatic carboxylic acids is 2. The number of carboxylic acids is 2. The van der Waals surface area contributed by atoms with Crippen LogP contribution in [-0.4, -0.2) is 52.3 Å². The normalized spacial score (nSPS) is 26.5. The SMILES string of the molecule is Cc1ccc2c(c1)C(O)(C1CCN(C)C1)C(C)(C)C2.O=C(O)/C=C/C(=O)O. The Balaban J connectivity index is 0.000000279. The molecule has 0 radical (unpaired) electrons. The average Bonchev–Trinajstić information content (AvgIpc) is 3.08. The van der Waals surface area contributed by atoms with E-state index in [4.69, 9.17) is 10.2 Å². The molecule has 2 atom stereocenters. The molecule has 1 saturated heterocycles. The standard InChI is InChI=1S/C17H25NO.C4H4O4/c1-12-5-6-13-10-16(2,3)17(19,15(13)9-12)14-7-8-18(4)11-14;5-3(6)1-2-4(7)8/h5-6,9,14,19H,7-8,10-11H2,1-4H3;1-2H,(H,5,6)(H,7,8)/b;2-1+. The van der Waals surface area contributed by atoms with Crippen molar-refractivity contribution in [1.29, 1.82) is 0 Å².